The van der Waals surface area contributed by atoms with Gasteiger partial charge in [0.1, 0.15) is 10.7 Å². The number of rotatable bonds is 3. The zero-order chi connectivity index (χ0) is 15.0. The summed E-state index contributed by atoms with van der Waals surface area (Å²) >= 11 is 3.33. The smallest absolute Gasteiger partial charge is 0.267 e. The molecule has 0 aliphatic carbocycles. The molecule has 9 heteroatoms. The number of para-hydroxylation sites is 1. The molecule has 0 aliphatic rings. The summed E-state index contributed by atoms with van der Waals surface area (Å²) in [6, 6.07) is 7.08. The molecule has 0 amide bonds. The van der Waals surface area contributed by atoms with E-state index < -0.39 is 10.0 Å². The molecule has 1 aromatic carbocycles. The fourth-order valence-electron chi connectivity index (χ4n) is 1.92. The maximum Gasteiger partial charge on any atom is 0.267 e. The second-order valence-electron chi connectivity index (χ2n) is 4.28. The van der Waals surface area contributed by atoms with E-state index in [0.717, 1.165) is 16.1 Å². The fraction of sp³-hybridized carbons (Fsp3) is 0. The van der Waals surface area contributed by atoms with Crippen LogP contribution >= 0.6 is 15.9 Å². The van der Waals surface area contributed by atoms with E-state index in [1.165, 1.54) is 0 Å². The lowest BCUT2D eigenvalue weighted by Gasteiger charge is -2.09. The first-order valence-electron chi connectivity index (χ1n) is 5.83. The first kappa shape index (κ1) is 13.8. The molecule has 3 rings (SSSR count). The molecule has 2 heterocycles. The van der Waals surface area contributed by atoms with Crippen molar-refractivity contribution in [1.82, 2.24) is 15.2 Å². The standard InChI is InChI=1S/C12H10BrN5O2S/c13-8-4-7-2-1-3-9(11(7)15-5-8)18-21(19,20)10-6-16-17-12(10)14/h1-6,18H,(H3,14,16,17). The molecular weight excluding hydrogens is 358 g/mol. The van der Waals surface area contributed by atoms with E-state index in [0.29, 0.717) is 11.2 Å². The molecule has 0 fully saturated rings. The molecule has 108 valence electrons. The fourth-order valence-corrected chi connectivity index (χ4v) is 3.36. The summed E-state index contributed by atoms with van der Waals surface area (Å²) in [4.78, 5) is 4.14. The Labute approximate surface area is 128 Å². The van der Waals surface area contributed by atoms with Gasteiger partial charge in [0.2, 0.25) is 0 Å². The van der Waals surface area contributed by atoms with Crippen molar-refractivity contribution in [3.63, 3.8) is 0 Å². The molecule has 0 bridgehead atoms. The Bertz CT molecular complexity index is 922. The van der Waals surface area contributed by atoms with Gasteiger partial charge in [0.25, 0.3) is 10.0 Å². The molecular formula is C12H10BrN5O2S. The summed E-state index contributed by atoms with van der Waals surface area (Å²) in [6.07, 6.45) is 2.76. The SMILES string of the molecule is Nc1[nH]ncc1S(=O)(=O)Nc1cccc2cc(Br)cnc12. The van der Waals surface area contributed by atoms with Crippen LogP contribution in [-0.4, -0.2) is 23.6 Å². The van der Waals surface area contributed by atoms with Crippen molar-refractivity contribution < 1.29 is 8.42 Å². The largest absolute Gasteiger partial charge is 0.383 e. The molecule has 0 radical (unpaired) electrons. The van der Waals surface area contributed by atoms with Crippen LogP contribution in [0.2, 0.25) is 0 Å². The summed E-state index contributed by atoms with van der Waals surface area (Å²) in [6.45, 7) is 0. The molecule has 0 spiro atoms. The van der Waals surface area contributed by atoms with Crippen LogP contribution in [0.5, 0.6) is 0 Å². The van der Waals surface area contributed by atoms with Gasteiger partial charge in [0.05, 0.1) is 17.4 Å². The van der Waals surface area contributed by atoms with Gasteiger partial charge < -0.3 is 5.73 Å². The number of nitrogens with zero attached hydrogens (tertiary/aromatic N) is 2. The topological polar surface area (TPSA) is 114 Å². The van der Waals surface area contributed by atoms with E-state index in [-0.39, 0.29) is 10.7 Å². The highest BCUT2D eigenvalue weighted by Crippen LogP contribution is 2.26. The number of hydrogen-bond acceptors (Lipinski definition) is 5. The minimum Gasteiger partial charge on any atom is -0.383 e. The van der Waals surface area contributed by atoms with Gasteiger partial charge in [-0.1, -0.05) is 12.1 Å². The monoisotopic (exact) mass is 367 g/mol. The predicted octanol–water partition coefficient (Wildman–Crippen LogP) is 2.10. The average Bonchev–Trinajstić information content (AvgIpc) is 2.85. The number of sulfonamides is 1. The lowest BCUT2D eigenvalue weighted by atomic mass is 10.2. The molecule has 0 aliphatic heterocycles. The van der Waals surface area contributed by atoms with E-state index in [1.807, 2.05) is 12.1 Å². The quantitative estimate of drug-likeness (QED) is 0.655. The van der Waals surface area contributed by atoms with Crippen LogP contribution in [0.25, 0.3) is 10.9 Å². The second kappa shape index (κ2) is 5.01. The van der Waals surface area contributed by atoms with Gasteiger partial charge in [0.15, 0.2) is 0 Å². The normalized spacial score (nSPS) is 11.7. The zero-order valence-electron chi connectivity index (χ0n) is 10.5. The Kier molecular flexibility index (Phi) is 3.30. The van der Waals surface area contributed by atoms with Crippen LogP contribution in [0.4, 0.5) is 11.5 Å². The maximum atomic E-state index is 12.3. The third-order valence-corrected chi connectivity index (χ3v) is 4.67. The van der Waals surface area contributed by atoms with Crippen molar-refractivity contribution in [2.45, 2.75) is 4.90 Å². The molecule has 3 aromatic rings. The van der Waals surface area contributed by atoms with Gasteiger partial charge in [0, 0.05) is 16.1 Å². The van der Waals surface area contributed by atoms with Gasteiger partial charge in [-0.15, -0.1) is 0 Å². The number of H-pyrrole nitrogens is 1. The number of hydrogen-bond donors (Lipinski definition) is 3. The lowest BCUT2D eigenvalue weighted by Crippen LogP contribution is -2.14. The van der Waals surface area contributed by atoms with Gasteiger partial charge in [-0.3, -0.25) is 14.8 Å². The highest BCUT2D eigenvalue weighted by Gasteiger charge is 2.20. The van der Waals surface area contributed by atoms with Crippen molar-refractivity contribution in [1.29, 1.82) is 0 Å². The summed E-state index contributed by atoms with van der Waals surface area (Å²) in [5, 5.41) is 6.81. The number of aromatic amines is 1. The summed E-state index contributed by atoms with van der Waals surface area (Å²) in [5.74, 6) is -0.0153. The number of pyridine rings is 1. The van der Waals surface area contributed by atoms with Gasteiger partial charge in [-0.05, 0) is 28.1 Å². The van der Waals surface area contributed by atoms with Gasteiger partial charge >= 0.3 is 0 Å². The number of halogens is 1. The van der Waals surface area contributed by atoms with Crippen LogP contribution in [0.3, 0.4) is 0 Å². The zero-order valence-corrected chi connectivity index (χ0v) is 12.9. The van der Waals surface area contributed by atoms with Crippen molar-refractivity contribution in [3.05, 3.63) is 41.1 Å². The Morgan fingerprint density at radius 1 is 1.29 bits per heavy atom. The van der Waals surface area contributed by atoms with Crippen LogP contribution in [0.15, 0.2) is 46.0 Å². The molecule has 2 aromatic heterocycles. The third kappa shape index (κ3) is 2.57. The summed E-state index contributed by atoms with van der Waals surface area (Å²) in [5.41, 5.74) is 6.48. The number of benzene rings is 1. The Morgan fingerprint density at radius 3 is 2.81 bits per heavy atom. The highest BCUT2D eigenvalue weighted by molar-refractivity contribution is 9.10. The molecule has 0 saturated heterocycles. The highest BCUT2D eigenvalue weighted by atomic mass is 79.9. The molecule has 7 nitrogen and oxygen atoms in total. The molecule has 0 saturated carbocycles. The van der Waals surface area contributed by atoms with Crippen molar-refractivity contribution in [2.24, 2.45) is 0 Å². The Hall–Kier alpha value is -2.13. The van der Waals surface area contributed by atoms with Crippen LogP contribution in [-0.2, 0) is 10.0 Å². The van der Waals surface area contributed by atoms with E-state index in [1.54, 1.807) is 18.3 Å². The number of anilines is 2. The van der Waals surface area contributed by atoms with Crippen molar-refractivity contribution in [2.75, 3.05) is 10.5 Å². The summed E-state index contributed by atoms with van der Waals surface area (Å²) in [7, 11) is -3.82. The first-order chi connectivity index (χ1) is 9.97. The Balaban J connectivity index is 2.08. The molecule has 21 heavy (non-hydrogen) atoms. The van der Waals surface area contributed by atoms with Crippen LogP contribution < -0.4 is 10.5 Å². The number of fused-ring (bicyclic) bond motifs is 1. The molecule has 4 N–H and O–H groups in total. The van der Waals surface area contributed by atoms with E-state index >= 15 is 0 Å². The van der Waals surface area contributed by atoms with Gasteiger partial charge in [-0.2, -0.15) is 5.10 Å². The number of nitrogen functional groups attached to an aromatic ring is 1. The minimum atomic E-state index is -3.82. The van der Waals surface area contributed by atoms with Crippen molar-refractivity contribution >= 4 is 48.4 Å². The summed E-state index contributed by atoms with van der Waals surface area (Å²) < 4.78 is 27.9. The molecule has 0 unspecified atom stereocenters. The number of aromatic nitrogens is 3. The van der Waals surface area contributed by atoms with Crippen molar-refractivity contribution in [3.8, 4) is 0 Å². The van der Waals surface area contributed by atoms with Crippen LogP contribution in [0, 0.1) is 0 Å². The van der Waals surface area contributed by atoms with Crippen LogP contribution in [0.1, 0.15) is 0 Å². The van der Waals surface area contributed by atoms with E-state index in [2.05, 4.69) is 35.8 Å². The lowest BCUT2D eigenvalue weighted by molar-refractivity contribution is 0.601. The predicted molar refractivity (Wildman–Crippen MR) is 83.3 cm³/mol. The second-order valence-corrected chi connectivity index (χ2v) is 6.85. The van der Waals surface area contributed by atoms with Gasteiger partial charge in [-0.25, -0.2) is 8.42 Å². The number of nitrogens with two attached hydrogens (primary N) is 1. The average molecular weight is 368 g/mol. The molecule has 0 atom stereocenters. The van der Waals surface area contributed by atoms with E-state index in [9.17, 15) is 8.42 Å². The third-order valence-electron chi connectivity index (χ3n) is 2.84. The maximum absolute atomic E-state index is 12.3. The first-order valence-corrected chi connectivity index (χ1v) is 8.11. The minimum absolute atomic E-state index is 0.0153. The Morgan fingerprint density at radius 2 is 2.10 bits per heavy atom. The van der Waals surface area contributed by atoms with E-state index in [4.69, 9.17) is 5.73 Å². The number of nitrogens with one attached hydrogen (secondary N) is 2.